The second-order valence-corrected chi connectivity index (χ2v) is 8.08. The number of carbonyl (C=O) groups excluding carboxylic acids is 2. The number of hydrogen-bond donors (Lipinski definition) is 3. The van der Waals surface area contributed by atoms with E-state index in [1.165, 1.54) is 0 Å². The fourth-order valence-electron chi connectivity index (χ4n) is 3.03. The van der Waals surface area contributed by atoms with Crippen LogP contribution in [0.4, 0.5) is 0 Å². The minimum Gasteiger partial charge on any atom is -0.494 e. The van der Waals surface area contributed by atoms with E-state index in [0.717, 1.165) is 0 Å². The molecule has 1 amide bonds. The van der Waals surface area contributed by atoms with Crippen molar-refractivity contribution in [1.82, 2.24) is 5.48 Å². The standard InChI is InChI=1S/C21H30N2O7/c1-14-21(19(26)23-27,11-10-17(25)30-20(2,3)4)22-18(29-14)15-6-8-16(9-7-15)28-13-5-12-24/h6-9,14,24,27H,5,10-13H2,1-4H3,(H,23,26)/t14-,21-/m0/s1. The topological polar surface area (TPSA) is 127 Å². The average Bonchev–Trinajstić information content (AvgIpc) is 3.03. The third-order valence-electron chi connectivity index (χ3n) is 4.56. The summed E-state index contributed by atoms with van der Waals surface area (Å²) in [6.07, 6.45) is -0.220. The molecule has 1 aliphatic heterocycles. The number of ether oxygens (including phenoxy) is 3. The van der Waals surface area contributed by atoms with Crippen LogP contribution in [0.15, 0.2) is 29.3 Å². The first-order valence-corrected chi connectivity index (χ1v) is 9.88. The molecule has 0 fully saturated rings. The van der Waals surface area contributed by atoms with E-state index in [1.807, 2.05) is 0 Å². The zero-order valence-corrected chi connectivity index (χ0v) is 17.8. The van der Waals surface area contributed by atoms with E-state index in [0.29, 0.717) is 24.3 Å². The molecule has 1 aromatic rings. The van der Waals surface area contributed by atoms with Gasteiger partial charge in [0.2, 0.25) is 5.90 Å². The molecule has 2 rings (SSSR count). The van der Waals surface area contributed by atoms with Gasteiger partial charge in [0.25, 0.3) is 5.91 Å². The van der Waals surface area contributed by atoms with Crippen molar-refractivity contribution >= 4 is 17.8 Å². The third kappa shape index (κ3) is 5.93. The van der Waals surface area contributed by atoms with Crippen molar-refractivity contribution < 1.29 is 34.1 Å². The Hall–Kier alpha value is -2.65. The molecule has 166 valence electrons. The molecule has 30 heavy (non-hydrogen) atoms. The van der Waals surface area contributed by atoms with Gasteiger partial charge in [-0.25, -0.2) is 10.5 Å². The molecule has 9 heteroatoms. The summed E-state index contributed by atoms with van der Waals surface area (Å²) in [5, 5.41) is 18.1. The number of nitrogens with one attached hydrogen (secondary N) is 1. The van der Waals surface area contributed by atoms with Gasteiger partial charge in [0, 0.05) is 25.0 Å². The molecule has 2 atom stereocenters. The lowest BCUT2D eigenvalue weighted by atomic mass is 9.88. The number of rotatable bonds is 9. The lowest BCUT2D eigenvalue weighted by Crippen LogP contribution is -2.50. The molecule has 0 saturated carbocycles. The van der Waals surface area contributed by atoms with E-state index in [1.54, 1.807) is 57.4 Å². The van der Waals surface area contributed by atoms with Gasteiger partial charge in [0.05, 0.1) is 6.61 Å². The van der Waals surface area contributed by atoms with Crippen molar-refractivity contribution in [3.8, 4) is 5.75 Å². The van der Waals surface area contributed by atoms with Crippen LogP contribution in [0.1, 0.15) is 52.5 Å². The van der Waals surface area contributed by atoms with E-state index >= 15 is 0 Å². The largest absolute Gasteiger partial charge is 0.494 e. The molecule has 0 aliphatic carbocycles. The summed E-state index contributed by atoms with van der Waals surface area (Å²) < 4.78 is 16.6. The molecule has 1 aromatic carbocycles. The minimum absolute atomic E-state index is 0.0152. The van der Waals surface area contributed by atoms with Crippen LogP contribution >= 0.6 is 0 Å². The highest BCUT2D eigenvalue weighted by Gasteiger charge is 2.50. The van der Waals surface area contributed by atoms with Crippen LogP contribution < -0.4 is 10.2 Å². The fraction of sp³-hybridized carbons (Fsp3) is 0.571. The number of carbonyl (C=O) groups is 2. The summed E-state index contributed by atoms with van der Waals surface area (Å²) in [7, 11) is 0. The number of benzene rings is 1. The van der Waals surface area contributed by atoms with E-state index in [9.17, 15) is 14.8 Å². The fourth-order valence-corrected chi connectivity index (χ4v) is 3.03. The number of amides is 1. The number of aliphatic hydroxyl groups excluding tert-OH is 1. The highest BCUT2D eigenvalue weighted by atomic mass is 16.6. The maximum atomic E-state index is 12.5. The summed E-state index contributed by atoms with van der Waals surface area (Å²) in [5.74, 6) is -0.356. The van der Waals surface area contributed by atoms with Crippen molar-refractivity contribution in [1.29, 1.82) is 0 Å². The summed E-state index contributed by atoms with van der Waals surface area (Å²) >= 11 is 0. The second-order valence-electron chi connectivity index (χ2n) is 8.08. The van der Waals surface area contributed by atoms with Gasteiger partial charge in [-0.05, 0) is 58.4 Å². The number of esters is 1. The Balaban J connectivity index is 2.18. The number of hydroxylamine groups is 1. The lowest BCUT2D eigenvalue weighted by molar-refractivity contribution is -0.155. The first kappa shape index (κ1) is 23.6. The quantitative estimate of drug-likeness (QED) is 0.240. The molecule has 1 heterocycles. The van der Waals surface area contributed by atoms with Gasteiger partial charge in [-0.2, -0.15) is 0 Å². The first-order chi connectivity index (χ1) is 14.1. The smallest absolute Gasteiger partial charge is 0.306 e. The molecular weight excluding hydrogens is 392 g/mol. The van der Waals surface area contributed by atoms with E-state index in [4.69, 9.17) is 19.3 Å². The number of aliphatic hydroxyl groups is 1. The number of nitrogens with zero attached hydrogens (tertiary/aromatic N) is 1. The molecule has 0 bridgehead atoms. The van der Waals surface area contributed by atoms with Gasteiger partial charge >= 0.3 is 5.97 Å². The van der Waals surface area contributed by atoms with Gasteiger partial charge < -0.3 is 19.3 Å². The van der Waals surface area contributed by atoms with Crippen molar-refractivity contribution in [3.63, 3.8) is 0 Å². The van der Waals surface area contributed by atoms with Crippen LogP contribution in [-0.2, 0) is 19.1 Å². The molecule has 0 unspecified atom stereocenters. The highest BCUT2D eigenvalue weighted by Crippen LogP contribution is 2.33. The zero-order valence-electron chi connectivity index (χ0n) is 17.8. The first-order valence-electron chi connectivity index (χ1n) is 9.88. The zero-order chi connectivity index (χ0) is 22.4. The predicted molar refractivity (Wildman–Crippen MR) is 108 cm³/mol. The summed E-state index contributed by atoms with van der Waals surface area (Å²) in [6, 6.07) is 6.94. The van der Waals surface area contributed by atoms with Crippen LogP contribution in [-0.4, -0.2) is 58.5 Å². The summed E-state index contributed by atoms with van der Waals surface area (Å²) in [5.41, 5.74) is 0.164. The number of hydrogen-bond acceptors (Lipinski definition) is 8. The molecule has 3 N–H and O–H groups in total. The third-order valence-corrected chi connectivity index (χ3v) is 4.56. The Morgan fingerprint density at radius 3 is 2.50 bits per heavy atom. The highest BCUT2D eigenvalue weighted by molar-refractivity contribution is 6.00. The van der Waals surface area contributed by atoms with Gasteiger partial charge in [-0.1, -0.05) is 0 Å². The Bertz CT molecular complexity index is 771. The molecule has 0 aromatic heterocycles. The van der Waals surface area contributed by atoms with E-state index in [2.05, 4.69) is 4.99 Å². The van der Waals surface area contributed by atoms with Crippen LogP contribution in [0.3, 0.4) is 0 Å². The van der Waals surface area contributed by atoms with Gasteiger partial charge in [-0.15, -0.1) is 0 Å². The average molecular weight is 422 g/mol. The van der Waals surface area contributed by atoms with Crippen molar-refractivity contribution in [2.45, 2.75) is 64.2 Å². The van der Waals surface area contributed by atoms with Crippen LogP contribution in [0, 0.1) is 0 Å². The molecule has 9 nitrogen and oxygen atoms in total. The Labute approximate surface area is 176 Å². The van der Waals surface area contributed by atoms with Gasteiger partial charge in [0.1, 0.15) is 17.5 Å². The predicted octanol–water partition coefficient (Wildman–Crippen LogP) is 1.98. The monoisotopic (exact) mass is 422 g/mol. The van der Waals surface area contributed by atoms with Crippen molar-refractivity contribution in [2.75, 3.05) is 13.2 Å². The van der Waals surface area contributed by atoms with Crippen LogP contribution in [0.2, 0.25) is 0 Å². The van der Waals surface area contributed by atoms with E-state index < -0.39 is 29.1 Å². The van der Waals surface area contributed by atoms with Crippen LogP contribution in [0.5, 0.6) is 5.75 Å². The van der Waals surface area contributed by atoms with E-state index in [-0.39, 0.29) is 25.3 Å². The second kappa shape index (κ2) is 9.90. The Kier molecular flexibility index (Phi) is 7.80. The van der Waals surface area contributed by atoms with Gasteiger partial charge in [0.15, 0.2) is 5.54 Å². The van der Waals surface area contributed by atoms with Crippen molar-refractivity contribution in [3.05, 3.63) is 29.8 Å². The minimum atomic E-state index is -1.46. The number of aliphatic imine (C=N–C) groups is 1. The molecule has 0 saturated heterocycles. The lowest BCUT2D eigenvalue weighted by Gasteiger charge is -2.27. The summed E-state index contributed by atoms with van der Waals surface area (Å²) in [4.78, 5) is 29.1. The maximum Gasteiger partial charge on any atom is 0.306 e. The SMILES string of the molecule is C[C@@H]1OC(c2ccc(OCCCO)cc2)=N[C@]1(CCC(=O)OC(C)(C)C)C(=O)NO. The maximum absolute atomic E-state index is 12.5. The summed E-state index contributed by atoms with van der Waals surface area (Å²) in [6.45, 7) is 7.39. The van der Waals surface area contributed by atoms with Crippen LogP contribution in [0.25, 0.3) is 0 Å². The van der Waals surface area contributed by atoms with Crippen molar-refractivity contribution in [2.24, 2.45) is 4.99 Å². The molecule has 0 spiro atoms. The Morgan fingerprint density at radius 2 is 1.93 bits per heavy atom. The molecule has 1 aliphatic rings. The Morgan fingerprint density at radius 1 is 1.27 bits per heavy atom. The van der Waals surface area contributed by atoms with Gasteiger partial charge in [-0.3, -0.25) is 14.8 Å². The molecular formula is C21H30N2O7. The molecule has 0 radical (unpaired) electrons. The normalized spacial score (nSPS) is 20.9.